The third-order valence-electron chi connectivity index (χ3n) is 2.54. The van der Waals surface area contributed by atoms with Crippen LogP contribution in [-0.4, -0.2) is 28.7 Å². The number of carbonyl (C=O) groups is 1. The maximum Gasteiger partial charge on any atom is 0.358 e. The molecule has 5 heteroatoms. The molecule has 1 unspecified atom stereocenters. The summed E-state index contributed by atoms with van der Waals surface area (Å²) in [4.78, 5) is 15.6. The van der Waals surface area contributed by atoms with Crippen LogP contribution in [0, 0.1) is 0 Å². The number of ether oxygens (including phenoxy) is 1. The molecule has 1 aliphatic rings. The standard InChI is InChI=1S/C10H15N3O2/c1-3-15-9(14)8-6-13-7(2)4-5-11-10(13)12-8/h6-7H,3-5H2,1-2H3,(H,11,12). The lowest BCUT2D eigenvalue weighted by molar-refractivity contribution is 0.0520. The summed E-state index contributed by atoms with van der Waals surface area (Å²) in [6, 6.07) is 0.386. The minimum Gasteiger partial charge on any atom is -0.461 e. The Balaban J connectivity index is 2.25. The van der Waals surface area contributed by atoms with Crippen molar-refractivity contribution in [1.82, 2.24) is 9.55 Å². The molecule has 0 amide bonds. The fraction of sp³-hybridized carbons (Fsp3) is 0.600. The van der Waals surface area contributed by atoms with Gasteiger partial charge >= 0.3 is 5.97 Å². The molecule has 1 aromatic rings. The van der Waals surface area contributed by atoms with Crippen molar-refractivity contribution < 1.29 is 9.53 Å². The minimum absolute atomic E-state index is 0.353. The summed E-state index contributed by atoms with van der Waals surface area (Å²) in [5.41, 5.74) is 0.383. The first-order chi connectivity index (χ1) is 7.22. The zero-order chi connectivity index (χ0) is 10.8. The first kappa shape index (κ1) is 10.0. The highest BCUT2D eigenvalue weighted by Gasteiger charge is 2.20. The van der Waals surface area contributed by atoms with E-state index in [0.717, 1.165) is 18.9 Å². The number of fused-ring (bicyclic) bond motifs is 1. The lowest BCUT2D eigenvalue weighted by Crippen LogP contribution is -2.20. The number of esters is 1. The molecule has 0 radical (unpaired) electrons. The van der Waals surface area contributed by atoms with Crippen molar-refractivity contribution in [1.29, 1.82) is 0 Å². The van der Waals surface area contributed by atoms with Crippen LogP contribution in [0.2, 0.25) is 0 Å². The van der Waals surface area contributed by atoms with Gasteiger partial charge in [-0.25, -0.2) is 9.78 Å². The molecule has 0 spiro atoms. The van der Waals surface area contributed by atoms with Crippen LogP contribution < -0.4 is 5.32 Å². The first-order valence-electron chi connectivity index (χ1n) is 5.22. The van der Waals surface area contributed by atoms with Gasteiger partial charge in [-0.1, -0.05) is 0 Å². The SMILES string of the molecule is CCOC(=O)c1cn2c(n1)NCCC2C. The van der Waals surface area contributed by atoms with Crippen LogP contribution in [0.15, 0.2) is 6.20 Å². The predicted octanol–water partition coefficient (Wildman–Crippen LogP) is 1.44. The molecule has 5 nitrogen and oxygen atoms in total. The van der Waals surface area contributed by atoms with Crippen molar-refractivity contribution in [3.8, 4) is 0 Å². The Hall–Kier alpha value is -1.52. The van der Waals surface area contributed by atoms with E-state index in [1.165, 1.54) is 0 Å². The molecule has 0 saturated heterocycles. The fourth-order valence-corrected chi connectivity index (χ4v) is 1.70. The fourth-order valence-electron chi connectivity index (χ4n) is 1.70. The van der Waals surface area contributed by atoms with E-state index in [1.807, 2.05) is 4.57 Å². The second kappa shape index (κ2) is 3.92. The Morgan fingerprint density at radius 1 is 1.80 bits per heavy atom. The van der Waals surface area contributed by atoms with Gasteiger partial charge in [0.2, 0.25) is 5.95 Å². The van der Waals surface area contributed by atoms with Crippen molar-refractivity contribution in [2.45, 2.75) is 26.3 Å². The average Bonchev–Trinajstić information content (AvgIpc) is 2.63. The van der Waals surface area contributed by atoms with Gasteiger partial charge in [0.05, 0.1) is 6.61 Å². The molecule has 0 fully saturated rings. The van der Waals surface area contributed by atoms with E-state index in [9.17, 15) is 4.79 Å². The number of imidazole rings is 1. The monoisotopic (exact) mass is 209 g/mol. The maximum atomic E-state index is 11.4. The Kier molecular flexibility index (Phi) is 2.62. The average molecular weight is 209 g/mol. The van der Waals surface area contributed by atoms with Crippen molar-refractivity contribution in [3.63, 3.8) is 0 Å². The number of aromatic nitrogens is 2. The van der Waals surface area contributed by atoms with E-state index >= 15 is 0 Å². The molecule has 1 atom stereocenters. The highest BCUT2D eigenvalue weighted by molar-refractivity contribution is 5.87. The summed E-state index contributed by atoms with van der Waals surface area (Å²) in [7, 11) is 0. The third-order valence-corrected chi connectivity index (χ3v) is 2.54. The Morgan fingerprint density at radius 2 is 2.60 bits per heavy atom. The summed E-state index contributed by atoms with van der Waals surface area (Å²) >= 11 is 0. The molecule has 0 bridgehead atoms. The van der Waals surface area contributed by atoms with Gasteiger partial charge in [-0.05, 0) is 20.3 Å². The van der Waals surface area contributed by atoms with Gasteiger partial charge < -0.3 is 14.6 Å². The van der Waals surface area contributed by atoms with E-state index in [4.69, 9.17) is 4.74 Å². The van der Waals surface area contributed by atoms with Gasteiger partial charge in [0.25, 0.3) is 0 Å². The predicted molar refractivity (Wildman–Crippen MR) is 56.0 cm³/mol. The lowest BCUT2D eigenvalue weighted by atomic mass is 10.2. The normalized spacial score (nSPS) is 19.2. The van der Waals surface area contributed by atoms with Crippen molar-refractivity contribution >= 4 is 11.9 Å². The molecular formula is C10H15N3O2. The Bertz CT molecular complexity index is 373. The number of anilines is 1. The van der Waals surface area contributed by atoms with Crippen LogP contribution in [0.5, 0.6) is 0 Å². The summed E-state index contributed by atoms with van der Waals surface area (Å²) in [6.45, 7) is 5.18. The maximum absolute atomic E-state index is 11.4. The Morgan fingerprint density at radius 3 is 3.27 bits per heavy atom. The number of rotatable bonds is 2. The third kappa shape index (κ3) is 1.82. The van der Waals surface area contributed by atoms with E-state index in [0.29, 0.717) is 18.3 Å². The number of carbonyl (C=O) groups excluding carboxylic acids is 1. The lowest BCUT2D eigenvalue weighted by Gasteiger charge is -2.22. The second-order valence-corrected chi connectivity index (χ2v) is 3.64. The van der Waals surface area contributed by atoms with Crippen LogP contribution in [-0.2, 0) is 4.74 Å². The van der Waals surface area contributed by atoms with E-state index < -0.39 is 0 Å². The van der Waals surface area contributed by atoms with Gasteiger partial charge in [-0.2, -0.15) is 0 Å². The molecule has 2 heterocycles. The van der Waals surface area contributed by atoms with Gasteiger partial charge in [-0.15, -0.1) is 0 Å². The number of nitrogens with one attached hydrogen (secondary N) is 1. The molecule has 1 N–H and O–H groups in total. The van der Waals surface area contributed by atoms with Crippen LogP contribution in [0.1, 0.15) is 36.8 Å². The molecule has 15 heavy (non-hydrogen) atoms. The zero-order valence-electron chi connectivity index (χ0n) is 8.99. The molecule has 82 valence electrons. The molecule has 0 aliphatic carbocycles. The molecule has 1 aromatic heterocycles. The van der Waals surface area contributed by atoms with Crippen molar-refractivity contribution in [2.75, 3.05) is 18.5 Å². The quantitative estimate of drug-likeness (QED) is 0.749. The van der Waals surface area contributed by atoms with E-state index in [2.05, 4.69) is 17.2 Å². The number of hydrogen-bond donors (Lipinski definition) is 1. The van der Waals surface area contributed by atoms with Crippen LogP contribution in [0.3, 0.4) is 0 Å². The molecule has 0 aromatic carbocycles. The van der Waals surface area contributed by atoms with Crippen LogP contribution in [0.25, 0.3) is 0 Å². The van der Waals surface area contributed by atoms with Gasteiger partial charge in [0.15, 0.2) is 5.69 Å². The van der Waals surface area contributed by atoms with Crippen LogP contribution in [0.4, 0.5) is 5.95 Å². The van der Waals surface area contributed by atoms with E-state index in [-0.39, 0.29) is 5.97 Å². The first-order valence-corrected chi connectivity index (χ1v) is 5.22. The van der Waals surface area contributed by atoms with Crippen LogP contribution >= 0.6 is 0 Å². The van der Waals surface area contributed by atoms with Gasteiger partial charge in [-0.3, -0.25) is 0 Å². The largest absolute Gasteiger partial charge is 0.461 e. The highest BCUT2D eigenvalue weighted by atomic mass is 16.5. The molecular weight excluding hydrogens is 194 g/mol. The minimum atomic E-state index is -0.353. The summed E-state index contributed by atoms with van der Waals surface area (Å²) in [5, 5.41) is 3.15. The van der Waals surface area contributed by atoms with Crippen molar-refractivity contribution in [3.05, 3.63) is 11.9 Å². The number of hydrogen-bond acceptors (Lipinski definition) is 4. The van der Waals surface area contributed by atoms with Gasteiger partial charge in [0, 0.05) is 18.8 Å². The van der Waals surface area contributed by atoms with Gasteiger partial charge in [0.1, 0.15) is 0 Å². The summed E-state index contributed by atoms with van der Waals surface area (Å²) < 4.78 is 6.88. The topological polar surface area (TPSA) is 56.2 Å². The smallest absolute Gasteiger partial charge is 0.358 e. The Labute approximate surface area is 88.4 Å². The molecule has 2 rings (SSSR count). The zero-order valence-corrected chi connectivity index (χ0v) is 8.99. The van der Waals surface area contributed by atoms with Crippen molar-refractivity contribution in [2.24, 2.45) is 0 Å². The molecule has 1 aliphatic heterocycles. The number of nitrogens with zero attached hydrogens (tertiary/aromatic N) is 2. The molecule has 0 saturated carbocycles. The summed E-state index contributed by atoms with van der Waals surface area (Å²) in [5.74, 6) is 0.408. The van der Waals surface area contributed by atoms with E-state index in [1.54, 1.807) is 13.1 Å². The second-order valence-electron chi connectivity index (χ2n) is 3.64. The highest BCUT2D eigenvalue weighted by Crippen LogP contribution is 2.23. The summed E-state index contributed by atoms with van der Waals surface area (Å²) in [6.07, 6.45) is 2.80.